The molecule has 1 atom stereocenters. The van der Waals surface area contributed by atoms with Crippen molar-refractivity contribution >= 4 is 35.7 Å². The van der Waals surface area contributed by atoms with E-state index >= 15 is 0 Å². The van der Waals surface area contributed by atoms with Gasteiger partial charge < -0.3 is 15.4 Å². The average Bonchev–Trinajstić information content (AvgIpc) is 2.75. The number of carboxylic acid groups (broad SMARTS) is 1. The quantitative estimate of drug-likeness (QED) is 0.580. The summed E-state index contributed by atoms with van der Waals surface area (Å²) >= 11 is 4.01. The van der Waals surface area contributed by atoms with Crippen LogP contribution in [-0.4, -0.2) is 42.8 Å². The van der Waals surface area contributed by atoms with Crippen LogP contribution in [0, 0.1) is 0 Å². The third kappa shape index (κ3) is 2.64. The van der Waals surface area contributed by atoms with Gasteiger partial charge in [-0.05, 0) is 12.2 Å². The molecule has 0 amide bonds. The number of aliphatic carboxylic acids is 1. The van der Waals surface area contributed by atoms with Crippen molar-refractivity contribution in [2.45, 2.75) is 12.5 Å². The number of nitrogens with zero attached hydrogens (tertiary/aromatic N) is 3. The predicted octanol–water partition coefficient (Wildman–Crippen LogP) is 0.538. The van der Waals surface area contributed by atoms with Gasteiger partial charge in [-0.2, -0.15) is 17.6 Å². The van der Waals surface area contributed by atoms with Crippen LogP contribution < -0.4 is 5.32 Å². The molecule has 0 radical (unpaired) electrons. The number of hydrogen-bond donors (Lipinski definition) is 4. The smallest absolute Gasteiger partial charge is 0.326 e. The monoisotopic (exact) mass is 253 g/mol. The zero-order valence-electron chi connectivity index (χ0n) is 8.79. The van der Waals surface area contributed by atoms with Crippen LogP contribution in [0.2, 0.25) is 0 Å². The number of H-pyrrole nitrogens is 1. The Morgan fingerprint density at radius 2 is 2.41 bits per heavy atom. The molecule has 0 aromatic carbocycles. The highest BCUT2D eigenvalue weighted by atomic mass is 32.1. The highest BCUT2D eigenvalue weighted by Crippen LogP contribution is 2.09. The summed E-state index contributed by atoms with van der Waals surface area (Å²) in [5.41, 5.74) is 1.20. The minimum absolute atomic E-state index is 0.249. The standard InChI is InChI=1S/C9H11N5O2S/c15-8(16)5(1-2-17)13-9-10-3-6-7(14-9)12-4-11-6/h3-5,17H,1-2H2,(H,15,16)(H2,10,11,12,13,14)/t5-/m0/s1. The molecule has 17 heavy (non-hydrogen) atoms. The van der Waals surface area contributed by atoms with Gasteiger partial charge in [0.1, 0.15) is 11.6 Å². The summed E-state index contributed by atoms with van der Waals surface area (Å²) in [7, 11) is 0. The van der Waals surface area contributed by atoms with Crippen LogP contribution >= 0.6 is 12.6 Å². The van der Waals surface area contributed by atoms with Crippen molar-refractivity contribution in [1.29, 1.82) is 0 Å². The first-order valence-electron chi connectivity index (χ1n) is 4.97. The van der Waals surface area contributed by atoms with Gasteiger partial charge in [-0.1, -0.05) is 0 Å². The van der Waals surface area contributed by atoms with E-state index in [1.165, 1.54) is 6.33 Å². The first-order chi connectivity index (χ1) is 8.20. The molecule has 0 aliphatic carbocycles. The van der Waals surface area contributed by atoms with Crippen LogP contribution in [-0.2, 0) is 4.79 Å². The lowest BCUT2D eigenvalue weighted by Gasteiger charge is -2.12. The molecule has 8 heteroatoms. The van der Waals surface area contributed by atoms with E-state index in [0.717, 1.165) is 0 Å². The second kappa shape index (κ2) is 5.00. The van der Waals surface area contributed by atoms with Crippen molar-refractivity contribution in [1.82, 2.24) is 19.9 Å². The molecule has 0 saturated carbocycles. The maximum atomic E-state index is 10.9. The minimum Gasteiger partial charge on any atom is -0.480 e. The number of aromatic nitrogens is 4. The predicted molar refractivity (Wildman–Crippen MR) is 65.2 cm³/mol. The van der Waals surface area contributed by atoms with E-state index in [4.69, 9.17) is 5.11 Å². The van der Waals surface area contributed by atoms with E-state index in [0.29, 0.717) is 23.3 Å². The molecule has 0 unspecified atom stereocenters. The van der Waals surface area contributed by atoms with Crippen LogP contribution in [0.25, 0.3) is 11.2 Å². The maximum absolute atomic E-state index is 10.9. The largest absolute Gasteiger partial charge is 0.480 e. The molecule has 2 aromatic heterocycles. The summed E-state index contributed by atoms with van der Waals surface area (Å²) in [4.78, 5) is 25.8. The Labute approximate surface area is 102 Å². The van der Waals surface area contributed by atoms with Gasteiger partial charge in [0.05, 0.1) is 12.5 Å². The number of nitrogens with one attached hydrogen (secondary N) is 2. The molecule has 7 nitrogen and oxygen atoms in total. The average molecular weight is 253 g/mol. The van der Waals surface area contributed by atoms with Gasteiger partial charge in [-0.15, -0.1) is 0 Å². The lowest BCUT2D eigenvalue weighted by Crippen LogP contribution is -2.30. The molecule has 2 heterocycles. The lowest BCUT2D eigenvalue weighted by molar-refractivity contribution is -0.137. The number of anilines is 1. The summed E-state index contributed by atoms with van der Waals surface area (Å²) < 4.78 is 0. The van der Waals surface area contributed by atoms with Gasteiger partial charge in [0.25, 0.3) is 0 Å². The molecule has 90 valence electrons. The van der Waals surface area contributed by atoms with E-state index in [2.05, 4.69) is 37.9 Å². The number of fused-ring (bicyclic) bond motifs is 1. The van der Waals surface area contributed by atoms with Crippen molar-refractivity contribution in [2.24, 2.45) is 0 Å². The molecule has 2 aromatic rings. The fraction of sp³-hybridized carbons (Fsp3) is 0.333. The second-order valence-electron chi connectivity index (χ2n) is 3.38. The molecule has 2 rings (SSSR count). The lowest BCUT2D eigenvalue weighted by atomic mass is 10.2. The van der Waals surface area contributed by atoms with Crippen molar-refractivity contribution in [3.8, 4) is 0 Å². The summed E-state index contributed by atoms with van der Waals surface area (Å²) in [6.45, 7) is 0. The number of rotatable bonds is 5. The van der Waals surface area contributed by atoms with Crippen molar-refractivity contribution in [2.75, 3.05) is 11.1 Å². The molecule has 0 fully saturated rings. The van der Waals surface area contributed by atoms with Crippen molar-refractivity contribution in [3.05, 3.63) is 12.5 Å². The SMILES string of the molecule is O=C(O)[C@H](CCS)Nc1ncc2[nH]cnc2n1. The highest BCUT2D eigenvalue weighted by molar-refractivity contribution is 7.80. The molecular weight excluding hydrogens is 242 g/mol. The van der Waals surface area contributed by atoms with Crippen molar-refractivity contribution in [3.63, 3.8) is 0 Å². The van der Waals surface area contributed by atoms with Crippen molar-refractivity contribution < 1.29 is 9.90 Å². The molecule has 0 aliphatic rings. The van der Waals surface area contributed by atoms with Gasteiger partial charge in [0, 0.05) is 0 Å². The van der Waals surface area contributed by atoms with E-state index in [1.807, 2.05) is 0 Å². The van der Waals surface area contributed by atoms with E-state index in [9.17, 15) is 4.79 Å². The molecular formula is C9H11N5O2S. The van der Waals surface area contributed by atoms with Gasteiger partial charge in [-0.25, -0.2) is 14.8 Å². The van der Waals surface area contributed by atoms with Gasteiger partial charge in [-0.3, -0.25) is 0 Å². The fourth-order valence-electron chi connectivity index (χ4n) is 1.35. The number of carboxylic acids is 1. The van der Waals surface area contributed by atoms with Crippen LogP contribution in [0.4, 0.5) is 5.95 Å². The summed E-state index contributed by atoms with van der Waals surface area (Å²) in [5, 5.41) is 11.7. The molecule has 3 N–H and O–H groups in total. The fourth-order valence-corrected chi connectivity index (χ4v) is 1.61. The van der Waals surface area contributed by atoms with Gasteiger partial charge in [0.15, 0.2) is 5.65 Å². The highest BCUT2D eigenvalue weighted by Gasteiger charge is 2.17. The number of aromatic amines is 1. The third-order valence-electron chi connectivity index (χ3n) is 2.19. The minimum atomic E-state index is -0.954. The molecule has 0 aliphatic heterocycles. The number of thiol groups is 1. The Morgan fingerprint density at radius 1 is 1.59 bits per heavy atom. The first-order valence-corrected chi connectivity index (χ1v) is 5.60. The van der Waals surface area contributed by atoms with Crippen LogP contribution in [0.3, 0.4) is 0 Å². The summed E-state index contributed by atoms with van der Waals surface area (Å²) in [5.74, 6) is -0.238. The Hall–Kier alpha value is -1.83. The van der Waals surface area contributed by atoms with Crippen LogP contribution in [0.1, 0.15) is 6.42 Å². The topological polar surface area (TPSA) is 104 Å². The summed E-state index contributed by atoms with van der Waals surface area (Å²) in [6.07, 6.45) is 3.45. The molecule has 0 saturated heterocycles. The van der Waals surface area contributed by atoms with Crippen LogP contribution in [0.5, 0.6) is 0 Å². The Bertz CT molecular complexity index is 529. The van der Waals surface area contributed by atoms with Gasteiger partial charge >= 0.3 is 5.97 Å². The van der Waals surface area contributed by atoms with Gasteiger partial charge in [0.2, 0.25) is 5.95 Å². The van der Waals surface area contributed by atoms with Crippen LogP contribution in [0.15, 0.2) is 12.5 Å². The molecule has 0 spiro atoms. The normalized spacial score (nSPS) is 12.5. The van der Waals surface area contributed by atoms with E-state index in [-0.39, 0.29) is 5.95 Å². The first kappa shape index (κ1) is 11.6. The third-order valence-corrected chi connectivity index (χ3v) is 2.45. The number of carbonyl (C=O) groups is 1. The summed E-state index contributed by atoms with van der Waals surface area (Å²) in [6, 6.07) is -0.746. The zero-order chi connectivity index (χ0) is 12.3. The number of hydrogen-bond acceptors (Lipinski definition) is 6. The Balaban J connectivity index is 2.18. The van der Waals surface area contributed by atoms with E-state index in [1.54, 1.807) is 6.20 Å². The second-order valence-corrected chi connectivity index (χ2v) is 3.83. The van der Waals surface area contributed by atoms with E-state index < -0.39 is 12.0 Å². The zero-order valence-corrected chi connectivity index (χ0v) is 9.69. The molecule has 0 bridgehead atoms. The Kier molecular flexibility index (Phi) is 3.43. The number of imidazole rings is 1. The Morgan fingerprint density at radius 3 is 3.12 bits per heavy atom. The maximum Gasteiger partial charge on any atom is 0.326 e.